The molecule has 168 valence electrons. The summed E-state index contributed by atoms with van der Waals surface area (Å²) in [6, 6.07) is 8.00. The Morgan fingerprint density at radius 3 is 2.28 bits per heavy atom. The van der Waals surface area contributed by atoms with E-state index in [1.54, 1.807) is 0 Å². The van der Waals surface area contributed by atoms with Crippen LogP contribution in [0.5, 0.6) is 0 Å². The van der Waals surface area contributed by atoms with Gasteiger partial charge in [0, 0.05) is 11.3 Å². The van der Waals surface area contributed by atoms with Crippen molar-refractivity contribution in [2.24, 2.45) is 0 Å². The highest BCUT2D eigenvalue weighted by Crippen LogP contribution is 2.47. The van der Waals surface area contributed by atoms with Gasteiger partial charge in [-0.05, 0) is 62.1 Å². The molecule has 0 amide bonds. The molecule has 0 bridgehead atoms. The zero-order valence-corrected chi connectivity index (χ0v) is 17.1. The first-order valence-corrected chi connectivity index (χ1v) is 10.1. The number of halogens is 6. The maximum atomic E-state index is 15.7. The van der Waals surface area contributed by atoms with Gasteiger partial charge in [0.05, 0.1) is 27.4 Å². The van der Waals surface area contributed by atoms with E-state index in [0.717, 1.165) is 12.1 Å². The first kappa shape index (κ1) is 22.3. The molecule has 32 heavy (non-hydrogen) atoms. The van der Waals surface area contributed by atoms with Crippen molar-refractivity contribution in [2.45, 2.75) is 37.8 Å². The zero-order valence-electron chi connectivity index (χ0n) is 16.4. The van der Waals surface area contributed by atoms with Crippen LogP contribution >= 0.6 is 11.6 Å². The van der Waals surface area contributed by atoms with Gasteiger partial charge < -0.3 is 5.11 Å². The molecule has 1 aliphatic carbocycles. The number of carbonyl (C=O) groups is 1. The summed E-state index contributed by atoms with van der Waals surface area (Å²) in [7, 11) is 0. The molecule has 0 spiro atoms. The second-order valence-corrected chi connectivity index (χ2v) is 7.89. The van der Waals surface area contributed by atoms with E-state index in [2.05, 4.69) is 5.10 Å². The van der Waals surface area contributed by atoms with E-state index in [9.17, 15) is 18.0 Å². The van der Waals surface area contributed by atoms with E-state index < -0.39 is 39.9 Å². The fraction of sp³-hybridized carbons (Fsp3) is 0.273. The standard InChI is InChI=1S/C22H16ClF5N2O2/c23-16-6-3-5-15(22(26,27)28)18(16)21(24,25)19-14-4-1-2-7-17(14)30(29-19)13-10-8-12(9-11-13)20(31)32/h3,5-6,8-11H,1-2,4,7H2,(H,31,32). The van der Waals surface area contributed by atoms with Crippen LogP contribution in [0.25, 0.3) is 5.69 Å². The van der Waals surface area contributed by atoms with Gasteiger partial charge in [-0.25, -0.2) is 9.48 Å². The van der Waals surface area contributed by atoms with E-state index in [-0.39, 0.29) is 17.5 Å². The molecule has 1 aromatic heterocycles. The number of rotatable bonds is 4. The Balaban J connectivity index is 1.91. The Morgan fingerprint density at radius 1 is 1.00 bits per heavy atom. The summed E-state index contributed by atoms with van der Waals surface area (Å²) in [6.07, 6.45) is -3.09. The summed E-state index contributed by atoms with van der Waals surface area (Å²) in [5.74, 6) is -5.25. The van der Waals surface area contributed by atoms with Crippen LogP contribution < -0.4 is 0 Å². The normalized spacial score (nSPS) is 14.3. The van der Waals surface area contributed by atoms with Crippen molar-refractivity contribution in [3.8, 4) is 5.69 Å². The van der Waals surface area contributed by atoms with Crippen LogP contribution in [0.4, 0.5) is 22.0 Å². The van der Waals surface area contributed by atoms with Crippen LogP contribution in [-0.2, 0) is 24.9 Å². The van der Waals surface area contributed by atoms with Crippen LogP contribution in [0, 0.1) is 0 Å². The molecule has 2 aromatic carbocycles. The minimum atomic E-state index is -5.03. The van der Waals surface area contributed by atoms with Crippen LogP contribution in [0.15, 0.2) is 42.5 Å². The second-order valence-electron chi connectivity index (χ2n) is 7.48. The number of hydrogen-bond donors (Lipinski definition) is 1. The Hall–Kier alpha value is -2.94. The van der Waals surface area contributed by atoms with Crippen molar-refractivity contribution in [3.63, 3.8) is 0 Å². The molecule has 0 saturated carbocycles. The van der Waals surface area contributed by atoms with Crippen LogP contribution in [0.1, 0.15) is 51.3 Å². The molecule has 4 nitrogen and oxygen atoms in total. The quantitative estimate of drug-likeness (QED) is 0.458. The molecule has 1 N–H and O–H groups in total. The molecule has 0 fully saturated rings. The molecule has 0 atom stereocenters. The minimum absolute atomic E-state index is 0.00575. The number of carboxylic acids is 1. The third kappa shape index (κ3) is 3.74. The number of fused-ring (bicyclic) bond motifs is 1. The smallest absolute Gasteiger partial charge is 0.416 e. The third-order valence-electron chi connectivity index (χ3n) is 5.47. The average molecular weight is 471 g/mol. The fourth-order valence-electron chi connectivity index (χ4n) is 4.01. The largest absolute Gasteiger partial charge is 0.478 e. The molecule has 0 radical (unpaired) electrons. The lowest BCUT2D eigenvalue weighted by Gasteiger charge is -2.23. The molecule has 0 unspecified atom stereocenters. The van der Waals surface area contributed by atoms with Gasteiger partial charge in [0.2, 0.25) is 0 Å². The van der Waals surface area contributed by atoms with E-state index in [4.69, 9.17) is 16.7 Å². The first-order chi connectivity index (χ1) is 15.0. The summed E-state index contributed by atoms with van der Waals surface area (Å²) in [6.45, 7) is 0. The van der Waals surface area contributed by atoms with Crippen LogP contribution in [-0.4, -0.2) is 20.9 Å². The lowest BCUT2D eigenvalue weighted by atomic mass is 9.90. The zero-order chi connectivity index (χ0) is 23.3. The number of aromatic carboxylic acids is 1. The van der Waals surface area contributed by atoms with E-state index in [1.165, 1.54) is 28.9 Å². The number of hydrogen-bond acceptors (Lipinski definition) is 2. The summed E-state index contributed by atoms with van der Waals surface area (Å²) in [4.78, 5) is 11.1. The SMILES string of the molecule is O=C(O)c1ccc(-n2nc(C(F)(F)c3c(Cl)cccc3C(F)(F)F)c3c2CCCC3)cc1. The highest BCUT2D eigenvalue weighted by atomic mass is 35.5. The molecular weight excluding hydrogens is 455 g/mol. The van der Waals surface area contributed by atoms with Gasteiger partial charge in [0.1, 0.15) is 5.69 Å². The van der Waals surface area contributed by atoms with Crippen molar-refractivity contribution in [3.05, 3.63) is 81.1 Å². The number of carboxylic acid groups (broad SMARTS) is 1. The Bertz CT molecular complexity index is 1190. The number of aromatic nitrogens is 2. The molecule has 10 heteroatoms. The lowest BCUT2D eigenvalue weighted by Crippen LogP contribution is -2.24. The van der Waals surface area contributed by atoms with Crippen molar-refractivity contribution in [1.29, 1.82) is 0 Å². The maximum Gasteiger partial charge on any atom is 0.416 e. The predicted octanol–water partition coefficient (Wildman–Crippen LogP) is 6.26. The minimum Gasteiger partial charge on any atom is -0.478 e. The van der Waals surface area contributed by atoms with Gasteiger partial charge in [-0.15, -0.1) is 0 Å². The van der Waals surface area contributed by atoms with Crippen LogP contribution in [0.2, 0.25) is 5.02 Å². The van der Waals surface area contributed by atoms with Gasteiger partial charge in [-0.1, -0.05) is 17.7 Å². The molecule has 4 rings (SSSR count). The Morgan fingerprint density at radius 2 is 1.66 bits per heavy atom. The second kappa shape index (κ2) is 7.88. The number of benzene rings is 2. The molecule has 1 heterocycles. The van der Waals surface area contributed by atoms with Gasteiger partial charge in [0.25, 0.3) is 0 Å². The van der Waals surface area contributed by atoms with Crippen molar-refractivity contribution in [1.82, 2.24) is 9.78 Å². The van der Waals surface area contributed by atoms with Gasteiger partial charge in [-0.3, -0.25) is 0 Å². The van der Waals surface area contributed by atoms with Gasteiger partial charge in [-0.2, -0.15) is 27.1 Å². The lowest BCUT2D eigenvalue weighted by molar-refractivity contribution is -0.141. The average Bonchev–Trinajstić information content (AvgIpc) is 3.13. The van der Waals surface area contributed by atoms with E-state index >= 15 is 8.78 Å². The van der Waals surface area contributed by atoms with Gasteiger partial charge in [0.15, 0.2) is 0 Å². The fourth-order valence-corrected chi connectivity index (χ4v) is 4.30. The van der Waals surface area contributed by atoms with E-state index in [1.807, 2.05) is 0 Å². The molecule has 0 saturated heterocycles. The monoisotopic (exact) mass is 470 g/mol. The third-order valence-corrected chi connectivity index (χ3v) is 5.78. The Kier molecular flexibility index (Phi) is 5.48. The highest BCUT2D eigenvalue weighted by Gasteiger charge is 2.48. The summed E-state index contributed by atoms with van der Waals surface area (Å²) < 4.78 is 73.2. The topological polar surface area (TPSA) is 55.1 Å². The molecule has 1 aliphatic rings. The predicted molar refractivity (Wildman–Crippen MR) is 107 cm³/mol. The van der Waals surface area contributed by atoms with Crippen molar-refractivity contribution < 1.29 is 31.9 Å². The summed E-state index contributed by atoms with van der Waals surface area (Å²) >= 11 is 5.85. The molecular formula is C22H16ClF5N2O2. The Labute approximate surface area is 184 Å². The summed E-state index contributed by atoms with van der Waals surface area (Å²) in [5, 5.41) is 12.4. The number of alkyl halides is 5. The molecule has 0 aliphatic heterocycles. The van der Waals surface area contributed by atoms with Crippen molar-refractivity contribution >= 4 is 17.6 Å². The number of nitrogens with zero attached hydrogens (tertiary/aromatic N) is 2. The first-order valence-electron chi connectivity index (χ1n) is 9.70. The van der Waals surface area contributed by atoms with Crippen LogP contribution in [0.3, 0.4) is 0 Å². The van der Waals surface area contributed by atoms with E-state index in [0.29, 0.717) is 36.7 Å². The molecule has 3 aromatic rings. The van der Waals surface area contributed by atoms with Gasteiger partial charge >= 0.3 is 18.1 Å². The maximum absolute atomic E-state index is 15.7. The summed E-state index contributed by atoms with van der Waals surface area (Å²) in [5.41, 5.74) is -2.61. The van der Waals surface area contributed by atoms with Crippen molar-refractivity contribution in [2.75, 3.05) is 0 Å². The highest BCUT2D eigenvalue weighted by molar-refractivity contribution is 6.31.